The SMILES string of the molecule is CC.CCC(=O)NCCCCCC(=O)C(C)(C)C.[HH]. The van der Waals surface area contributed by atoms with E-state index in [1.54, 1.807) is 0 Å². The van der Waals surface area contributed by atoms with E-state index in [9.17, 15) is 9.59 Å². The summed E-state index contributed by atoms with van der Waals surface area (Å²) >= 11 is 0. The van der Waals surface area contributed by atoms with Gasteiger partial charge in [-0.25, -0.2) is 0 Å². The zero-order valence-corrected chi connectivity index (χ0v) is 13.1. The van der Waals surface area contributed by atoms with Crippen LogP contribution in [0.1, 0.15) is 75.1 Å². The Bertz CT molecular complexity index is 235. The molecule has 0 aromatic heterocycles. The summed E-state index contributed by atoms with van der Waals surface area (Å²) in [5, 5.41) is 2.83. The quantitative estimate of drug-likeness (QED) is 0.703. The zero-order valence-electron chi connectivity index (χ0n) is 13.1. The van der Waals surface area contributed by atoms with Crippen LogP contribution in [0.4, 0.5) is 0 Å². The number of amides is 1. The number of ketones is 1. The van der Waals surface area contributed by atoms with Gasteiger partial charge in [0.1, 0.15) is 5.78 Å². The average molecular weight is 259 g/mol. The van der Waals surface area contributed by atoms with Crippen molar-refractivity contribution in [2.75, 3.05) is 6.54 Å². The topological polar surface area (TPSA) is 46.2 Å². The Morgan fingerprint density at radius 3 is 2.06 bits per heavy atom. The molecule has 0 spiro atoms. The van der Waals surface area contributed by atoms with Crippen LogP contribution in [0, 0.1) is 5.41 Å². The van der Waals surface area contributed by atoms with Gasteiger partial charge in [0.05, 0.1) is 0 Å². The Balaban J connectivity index is -0.000000809. The summed E-state index contributed by atoms with van der Waals surface area (Å²) in [6.07, 6.45) is 4.10. The lowest BCUT2D eigenvalue weighted by molar-refractivity contribution is -0.126. The molecule has 18 heavy (non-hydrogen) atoms. The standard InChI is InChI=1S/C13H25NO2.C2H6.H2/c1-5-12(16)14-10-8-6-7-9-11(15)13(2,3)4;1-2;/h5-10H2,1-4H3,(H,14,16);1-2H3;1H. The summed E-state index contributed by atoms with van der Waals surface area (Å²) in [7, 11) is 0. The van der Waals surface area contributed by atoms with Crippen molar-refractivity contribution in [2.45, 2.75) is 73.6 Å². The van der Waals surface area contributed by atoms with Crippen LogP contribution < -0.4 is 5.32 Å². The van der Waals surface area contributed by atoms with E-state index in [0.29, 0.717) is 18.6 Å². The van der Waals surface area contributed by atoms with Gasteiger partial charge in [-0.05, 0) is 12.8 Å². The highest BCUT2D eigenvalue weighted by molar-refractivity contribution is 5.83. The summed E-state index contributed by atoms with van der Waals surface area (Å²) < 4.78 is 0. The van der Waals surface area contributed by atoms with E-state index < -0.39 is 0 Å². The molecule has 1 amide bonds. The van der Waals surface area contributed by atoms with Crippen molar-refractivity contribution < 1.29 is 11.0 Å². The van der Waals surface area contributed by atoms with Gasteiger partial charge in [-0.2, -0.15) is 0 Å². The Labute approximate surface area is 114 Å². The highest BCUT2D eigenvalue weighted by atomic mass is 16.1. The first-order valence-corrected chi connectivity index (χ1v) is 7.18. The third-order valence-corrected chi connectivity index (χ3v) is 2.56. The second-order valence-electron chi connectivity index (χ2n) is 5.19. The fraction of sp³-hybridized carbons (Fsp3) is 0.867. The smallest absolute Gasteiger partial charge is 0.219 e. The van der Waals surface area contributed by atoms with E-state index in [1.165, 1.54) is 0 Å². The van der Waals surface area contributed by atoms with E-state index in [4.69, 9.17) is 0 Å². The molecular weight excluding hydrogens is 226 g/mol. The van der Waals surface area contributed by atoms with Gasteiger partial charge in [-0.15, -0.1) is 0 Å². The van der Waals surface area contributed by atoms with E-state index in [0.717, 1.165) is 25.8 Å². The molecule has 0 fully saturated rings. The predicted molar refractivity (Wildman–Crippen MR) is 79.7 cm³/mol. The molecule has 3 heteroatoms. The lowest BCUT2D eigenvalue weighted by atomic mass is 9.88. The maximum atomic E-state index is 11.6. The van der Waals surface area contributed by atoms with Crippen molar-refractivity contribution in [1.29, 1.82) is 0 Å². The van der Waals surface area contributed by atoms with Crippen molar-refractivity contribution >= 4 is 11.7 Å². The molecule has 0 aliphatic carbocycles. The van der Waals surface area contributed by atoms with Crippen LogP contribution >= 0.6 is 0 Å². The van der Waals surface area contributed by atoms with Crippen molar-refractivity contribution in [2.24, 2.45) is 5.41 Å². The van der Waals surface area contributed by atoms with Gasteiger partial charge in [0.2, 0.25) is 5.91 Å². The molecule has 0 atom stereocenters. The van der Waals surface area contributed by atoms with Gasteiger partial charge in [-0.1, -0.05) is 48.0 Å². The van der Waals surface area contributed by atoms with Crippen LogP contribution in [0.15, 0.2) is 0 Å². The van der Waals surface area contributed by atoms with E-state index in [2.05, 4.69) is 5.32 Å². The molecule has 0 radical (unpaired) electrons. The van der Waals surface area contributed by atoms with Crippen LogP contribution in [0.3, 0.4) is 0 Å². The molecule has 3 nitrogen and oxygen atoms in total. The highest BCUT2D eigenvalue weighted by Gasteiger charge is 2.19. The number of hydrogen-bond acceptors (Lipinski definition) is 2. The number of Topliss-reactive ketones (excluding diaryl/α,β-unsaturated/α-hetero) is 1. The third-order valence-electron chi connectivity index (χ3n) is 2.56. The lowest BCUT2D eigenvalue weighted by Gasteiger charge is -2.16. The summed E-state index contributed by atoms with van der Waals surface area (Å²) in [4.78, 5) is 22.5. The molecule has 0 aliphatic rings. The minimum absolute atomic E-state index is 0. The van der Waals surface area contributed by atoms with Gasteiger partial charge in [0.15, 0.2) is 0 Å². The monoisotopic (exact) mass is 259 g/mol. The van der Waals surface area contributed by atoms with E-state index in [-0.39, 0.29) is 12.7 Å². The largest absolute Gasteiger partial charge is 0.356 e. The molecule has 0 bridgehead atoms. The molecular formula is C15H33NO2. The van der Waals surface area contributed by atoms with Crippen molar-refractivity contribution in [3.63, 3.8) is 0 Å². The first kappa shape index (κ1) is 19.5. The molecule has 0 aromatic carbocycles. The van der Waals surface area contributed by atoms with Crippen LogP contribution in [0.5, 0.6) is 0 Å². The Kier molecular flexibility index (Phi) is 12.2. The van der Waals surface area contributed by atoms with Crippen LogP contribution in [-0.4, -0.2) is 18.2 Å². The molecule has 0 unspecified atom stereocenters. The van der Waals surface area contributed by atoms with Crippen LogP contribution in [-0.2, 0) is 9.59 Å². The highest BCUT2D eigenvalue weighted by Crippen LogP contribution is 2.18. The molecule has 0 saturated carbocycles. The van der Waals surface area contributed by atoms with Crippen LogP contribution in [0.2, 0.25) is 0 Å². The van der Waals surface area contributed by atoms with Gasteiger partial charge in [-0.3, -0.25) is 9.59 Å². The summed E-state index contributed by atoms with van der Waals surface area (Å²) in [5.41, 5.74) is -0.212. The van der Waals surface area contributed by atoms with Gasteiger partial charge in [0, 0.05) is 26.2 Å². The summed E-state index contributed by atoms with van der Waals surface area (Å²) in [6, 6.07) is 0. The minimum atomic E-state index is -0.212. The van der Waals surface area contributed by atoms with Gasteiger partial charge in [0.25, 0.3) is 0 Å². The van der Waals surface area contributed by atoms with Crippen LogP contribution in [0.25, 0.3) is 0 Å². The normalized spacial score (nSPS) is 10.3. The molecule has 1 N–H and O–H groups in total. The number of carbonyl (C=O) groups excluding carboxylic acids is 2. The first-order chi connectivity index (χ1) is 8.38. The molecule has 0 rings (SSSR count). The fourth-order valence-electron chi connectivity index (χ4n) is 1.32. The molecule has 0 aromatic rings. The number of hydrogen-bond donors (Lipinski definition) is 1. The average Bonchev–Trinajstić information content (AvgIpc) is 2.34. The second-order valence-corrected chi connectivity index (χ2v) is 5.19. The Morgan fingerprint density at radius 2 is 1.61 bits per heavy atom. The van der Waals surface area contributed by atoms with E-state index in [1.807, 2.05) is 41.5 Å². The Hall–Kier alpha value is -0.860. The molecule has 0 heterocycles. The third kappa shape index (κ3) is 11.6. The van der Waals surface area contributed by atoms with Crippen molar-refractivity contribution in [3.05, 3.63) is 0 Å². The zero-order chi connectivity index (χ0) is 14.6. The molecule has 0 saturated heterocycles. The summed E-state index contributed by atoms with van der Waals surface area (Å²) in [5.74, 6) is 0.427. The number of nitrogens with one attached hydrogen (secondary N) is 1. The second kappa shape index (κ2) is 11.2. The number of rotatable bonds is 7. The maximum Gasteiger partial charge on any atom is 0.219 e. The number of carbonyl (C=O) groups is 2. The molecule has 110 valence electrons. The molecule has 0 aliphatic heterocycles. The van der Waals surface area contributed by atoms with Crippen molar-refractivity contribution in [3.8, 4) is 0 Å². The maximum absolute atomic E-state index is 11.6. The van der Waals surface area contributed by atoms with Crippen molar-refractivity contribution in [1.82, 2.24) is 5.32 Å². The predicted octanol–water partition coefficient (Wildman–Crippen LogP) is 3.96. The van der Waals surface area contributed by atoms with Gasteiger partial charge >= 0.3 is 0 Å². The number of unbranched alkanes of at least 4 members (excludes halogenated alkanes) is 2. The summed E-state index contributed by atoms with van der Waals surface area (Å²) in [6.45, 7) is 12.4. The fourth-order valence-corrected chi connectivity index (χ4v) is 1.32. The lowest BCUT2D eigenvalue weighted by Crippen LogP contribution is -2.23. The minimum Gasteiger partial charge on any atom is -0.356 e. The van der Waals surface area contributed by atoms with E-state index >= 15 is 0 Å². The van der Waals surface area contributed by atoms with Gasteiger partial charge < -0.3 is 5.32 Å². The first-order valence-electron chi connectivity index (χ1n) is 7.18. The Morgan fingerprint density at radius 1 is 1.06 bits per heavy atom.